The molecule has 3 aromatic rings. The summed E-state index contributed by atoms with van der Waals surface area (Å²) in [6, 6.07) is 19.3. The average Bonchev–Trinajstić information content (AvgIpc) is 2.95. The maximum absolute atomic E-state index is 11.1. The van der Waals surface area contributed by atoms with Crippen LogP contribution in [0.2, 0.25) is 0 Å². The molecule has 7 heteroatoms. The predicted octanol–water partition coefficient (Wildman–Crippen LogP) is 4.12. The number of non-ortho nitro benzene ring substituents is 1. The van der Waals surface area contributed by atoms with Gasteiger partial charge >= 0.3 is 0 Å². The number of pyridine rings is 1. The van der Waals surface area contributed by atoms with Gasteiger partial charge in [-0.1, -0.05) is 30.3 Å². The molecule has 1 fully saturated rings. The van der Waals surface area contributed by atoms with Crippen molar-refractivity contribution in [1.29, 1.82) is 5.26 Å². The number of fused-ring (bicyclic) bond motifs is 1. The van der Waals surface area contributed by atoms with E-state index in [1.807, 2.05) is 6.07 Å². The maximum Gasteiger partial charge on any atom is 0.270 e. The lowest BCUT2D eigenvalue weighted by atomic mass is 10.1. The summed E-state index contributed by atoms with van der Waals surface area (Å²) in [5.74, 6) is 0.752. The summed E-state index contributed by atoms with van der Waals surface area (Å²) in [5.41, 5.74) is 2.29. The van der Waals surface area contributed by atoms with Gasteiger partial charge in [0, 0.05) is 49.7 Å². The molecule has 1 unspecified atom stereocenters. The Hall–Kier alpha value is -3.50. The van der Waals surface area contributed by atoms with Crippen LogP contribution in [0.3, 0.4) is 0 Å². The Kier molecular flexibility index (Phi) is 5.59. The van der Waals surface area contributed by atoms with E-state index in [-0.39, 0.29) is 5.69 Å². The van der Waals surface area contributed by atoms with E-state index in [1.54, 1.807) is 12.1 Å². The molecule has 1 aliphatic heterocycles. The van der Waals surface area contributed by atoms with E-state index in [1.165, 1.54) is 17.7 Å². The largest absolute Gasteiger partial charge is 0.355 e. The summed E-state index contributed by atoms with van der Waals surface area (Å²) in [7, 11) is 0. The van der Waals surface area contributed by atoms with Gasteiger partial charge in [-0.2, -0.15) is 5.26 Å². The number of nitro groups is 1. The van der Waals surface area contributed by atoms with Crippen LogP contribution >= 0.6 is 0 Å². The Morgan fingerprint density at radius 1 is 1.17 bits per heavy atom. The van der Waals surface area contributed by atoms with Crippen molar-refractivity contribution in [3.63, 3.8) is 0 Å². The third-order valence-electron chi connectivity index (χ3n) is 5.76. The lowest BCUT2D eigenvalue weighted by molar-refractivity contribution is -0.384. The van der Waals surface area contributed by atoms with E-state index in [0.717, 1.165) is 38.4 Å². The topological polar surface area (TPSA) is 86.3 Å². The highest BCUT2D eigenvalue weighted by molar-refractivity contribution is 5.88. The molecular formula is C23H23N5O2. The maximum atomic E-state index is 11.1. The van der Waals surface area contributed by atoms with Crippen LogP contribution in [-0.4, -0.2) is 40.5 Å². The molecule has 0 aliphatic carbocycles. The minimum atomic E-state index is -0.452. The molecule has 30 heavy (non-hydrogen) atoms. The van der Waals surface area contributed by atoms with Gasteiger partial charge in [-0.3, -0.25) is 15.0 Å². The standard InChI is InChI=1S/C23H23N5O2/c1-17-9-10-26(11-12-27(17)16-18-5-3-2-4-6-18)23-13-19(15-24)21-14-20(28(29)30)7-8-22(21)25-23/h2-8,13-14,17H,9-12,16H2,1H3. The summed E-state index contributed by atoms with van der Waals surface area (Å²) < 4.78 is 0. The minimum absolute atomic E-state index is 0.0336. The average molecular weight is 401 g/mol. The van der Waals surface area contributed by atoms with Crippen LogP contribution in [0.1, 0.15) is 24.5 Å². The summed E-state index contributed by atoms with van der Waals surface area (Å²) in [5, 5.41) is 21.2. The Bertz CT molecular complexity index is 1110. The molecule has 0 radical (unpaired) electrons. The van der Waals surface area contributed by atoms with E-state index in [4.69, 9.17) is 4.98 Å². The first-order valence-electron chi connectivity index (χ1n) is 10.1. The van der Waals surface area contributed by atoms with Crippen LogP contribution in [-0.2, 0) is 6.54 Å². The van der Waals surface area contributed by atoms with Gasteiger partial charge in [0.15, 0.2) is 0 Å². The van der Waals surface area contributed by atoms with E-state index in [0.29, 0.717) is 22.5 Å². The molecule has 0 spiro atoms. The molecule has 0 N–H and O–H groups in total. The molecule has 1 aromatic heterocycles. The third-order valence-corrected chi connectivity index (χ3v) is 5.76. The number of rotatable bonds is 4. The van der Waals surface area contributed by atoms with Gasteiger partial charge in [0.1, 0.15) is 5.82 Å². The fraction of sp³-hybridized carbons (Fsp3) is 0.304. The number of nitriles is 1. The molecule has 1 saturated heterocycles. The van der Waals surface area contributed by atoms with Gasteiger partial charge in [-0.15, -0.1) is 0 Å². The number of nitro benzene ring substituents is 1. The van der Waals surface area contributed by atoms with Crippen LogP contribution in [0.15, 0.2) is 54.6 Å². The Morgan fingerprint density at radius 2 is 1.97 bits per heavy atom. The lowest BCUT2D eigenvalue weighted by Crippen LogP contribution is -2.34. The van der Waals surface area contributed by atoms with Gasteiger partial charge in [0.2, 0.25) is 0 Å². The summed E-state index contributed by atoms with van der Waals surface area (Å²) in [6.07, 6.45) is 0.995. The predicted molar refractivity (Wildman–Crippen MR) is 116 cm³/mol. The minimum Gasteiger partial charge on any atom is -0.355 e. The van der Waals surface area contributed by atoms with E-state index >= 15 is 0 Å². The van der Waals surface area contributed by atoms with E-state index in [2.05, 4.69) is 47.1 Å². The number of anilines is 1. The van der Waals surface area contributed by atoms with Crippen LogP contribution in [0.25, 0.3) is 10.9 Å². The molecule has 0 amide bonds. The molecule has 2 aromatic carbocycles. The number of benzene rings is 2. The van der Waals surface area contributed by atoms with Crippen LogP contribution in [0.4, 0.5) is 11.5 Å². The first-order valence-corrected chi connectivity index (χ1v) is 10.1. The number of hydrogen-bond acceptors (Lipinski definition) is 6. The first kappa shape index (κ1) is 19.8. The highest BCUT2D eigenvalue weighted by atomic mass is 16.6. The smallest absolute Gasteiger partial charge is 0.270 e. The van der Waals surface area contributed by atoms with Crippen LogP contribution < -0.4 is 4.90 Å². The molecule has 0 bridgehead atoms. The zero-order valence-corrected chi connectivity index (χ0v) is 16.9. The molecule has 152 valence electrons. The second-order valence-electron chi connectivity index (χ2n) is 7.68. The van der Waals surface area contributed by atoms with Gasteiger partial charge in [0.25, 0.3) is 5.69 Å². The fourth-order valence-electron chi connectivity index (χ4n) is 3.96. The second kappa shape index (κ2) is 8.47. The van der Waals surface area contributed by atoms with Crippen LogP contribution in [0, 0.1) is 21.4 Å². The molecule has 0 saturated carbocycles. The van der Waals surface area contributed by atoms with Crippen molar-refractivity contribution >= 4 is 22.4 Å². The third kappa shape index (κ3) is 4.09. The molecular weight excluding hydrogens is 378 g/mol. The van der Waals surface area contributed by atoms with Crippen LogP contribution in [0.5, 0.6) is 0 Å². The Labute approximate surface area is 175 Å². The van der Waals surface area contributed by atoms with Gasteiger partial charge < -0.3 is 4.90 Å². The summed E-state index contributed by atoms with van der Waals surface area (Å²) >= 11 is 0. The highest BCUT2D eigenvalue weighted by Gasteiger charge is 2.23. The van der Waals surface area contributed by atoms with Crippen molar-refractivity contribution in [2.75, 3.05) is 24.5 Å². The number of nitrogens with zero attached hydrogens (tertiary/aromatic N) is 5. The second-order valence-corrected chi connectivity index (χ2v) is 7.68. The van der Waals surface area contributed by atoms with Gasteiger partial charge in [-0.25, -0.2) is 4.98 Å². The van der Waals surface area contributed by atoms with Crippen molar-refractivity contribution in [2.45, 2.75) is 25.9 Å². The first-order chi connectivity index (χ1) is 14.5. The zero-order chi connectivity index (χ0) is 21.1. The van der Waals surface area contributed by atoms with E-state index < -0.39 is 4.92 Å². The van der Waals surface area contributed by atoms with Crippen molar-refractivity contribution in [3.05, 3.63) is 75.8 Å². The quantitative estimate of drug-likeness (QED) is 0.483. The van der Waals surface area contributed by atoms with Crippen molar-refractivity contribution in [3.8, 4) is 6.07 Å². The molecule has 1 aliphatic rings. The summed E-state index contributed by atoms with van der Waals surface area (Å²) in [6.45, 7) is 5.72. The zero-order valence-electron chi connectivity index (χ0n) is 16.9. The SMILES string of the molecule is CC1CCN(c2cc(C#N)c3cc([N+](=O)[O-])ccc3n2)CCN1Cc1ccccc1. The highest BCUT2D eigenvalue weighted by Crippen LogP contribution is 2.27. The summed E-state index contributed by atoms with van der Waals surface area (Å²) in [4.78, 5) is 20.0. The van der Waals surface area contributed by atoms with Gasteiger partial charge in [0.05, 0.1) is 22.1 Å². The van der Waals surface area contributed by atoms with Gasteiger partial charge in [-0.05, 0) is 31.0 Å². The molecule has 2 heterocycles. The number of hydrogen-bond donors (Lipinski definition) is 0. The normalized spacial score (nSPS) is 17.5. The van der Waals surface area contributed by atoms with Crippen molar-refractivity contribution in [1.82, 2.24) is 9.88 Å². The Morgan fingerprint density at radius 3 is 2.70 bits per heavy atom. The van der Waals surface area contributed by atoms with Crippen molar-refractivity contribution in [2.24, 2.45) is 0 Å². The molecule has 7 nitrogen and oxygen atoms in total. The molecule has 1 atom stereocenters. The number of aromatic nitrogens is 1. The monoisotopic (exact) mass is 401 g/mol. The van der Waals surface area contributed by atoms with E-state index in [9.17, 15) is 15.4 Å². The lowest BCUT2D eigenvalue weighted by Gasteiger charge is -2.26. The van der Waals surface area contributed by atoms with Crippen molar-refractivity contribution < 1.29 is 4.92 Å². The molecule has 4 rings (SSSR count). The Balaban J connectivity index is 1.58. The fourth-order valence-corrected chi connectivity index (χ4v) is 3.96.